The van der Waals surface area contributed by atoms with Crippen LogP contribution in [-0.2, 0) is 4.79 Å². The number of aromatic carboxylic acids is 1. The fraction of sp³-hybridized carbons (Fsp3) is 0.214. The number of hydrogen-bond acceptors (Lipinski definition) is 6. The lowest BCUT2D eigenvalue weighted by molar-refractivity contribution is -0.121. The summed E-state index contributed by atoms with van der Waals surface area (Å²) in [6.45, 7) is 0. The Bertz CT molecular complexity index is 795. The molecule has 2 atom stereocenters. The summed E-state index contributed by atoms with van der Waals surface area (Å²) in [4.78, 5) is 33.1. The van der Waals surface area contributed by atoms with Crippen LogP contribution in [0.2, 0.25) is 0 Å². The van der Waals surface area contributed by atoms with Crippen LogP contribution in [0.3, 0.4) is 0 Å². The molecule has 1 heterocycles. The molecule has 2 aromatic rings. The fourth-order valence-corrected chi connectivity index (χ4v) is 2.01. The SMILES string of the molecule is NC(=O)CC(O)C(O)c1ccc2oc(=O)c(C(=O)O)cc2c1. The van der Waals surface area contributed by atoms with E-state index in [-0.39, 0.29) is 16.5 Å². The second-order valence-corrected chi connectivity index (χ2v) is 4.73. The van der Waals surface area contributed by atoms with Gasteiger partial charge in [0.05, 0.1) is 12.5 Å². The van der Waals surface area contributed by atoms with Crippen LogP contribution in [0.5, 0.6) is 0 Å². The van der Waals surface area contributed by atoms with E-state index in [9.17, 15) is 24.6 Å². The van der Waals surface area contributed by atoms with Crippen LogP contribution in [-0.4, -0.2) is 33.3 Å². The summed E-state index contributed by atoms with van der Waals surface area (Å²) in [5.41, 5.74) is 3.78. The topological polar surface area (TPSA) is 151 Å². The quantitative estimate of drug-likeness (QED) is 0.556. The molecule has 5 N–H and O–H groups in total. The Morgan fingerprint density at radius 2 is 1.91 bits per heavy atom. The minimum atomic E-state index is -1.43. The largest absolute Gasteiger partial charge is 0.477 e. The third kappa shape index (κ3) is 3.13. The number of nitrogens with two attached hydrogens (primary N) is 1. The molecular weight excluding hydrogens is 294 g/mol. The van der Waals surface area contributed by atoms with E-state index < -0.39 is 41.7 Å². The highest BCUT2D eigenvalue weighted by Crippen LogP contribution is 2.23. The van der Waals surface area contributed by atoms with E-state index in [1.165, 1.54) is 18.2 Å². The van der Waals surface area contributed by atoms with Crippen molar-refractivity contribution < 1.29 is 29.3 Å². The number of carbonyl (C=O) groups excluding carboxylic acids is 1. The number of carboxylic acids is 1. The summed E-state index contributed by atoms with van der Waals surface area (Å²) < 4.78 is 4.86. The Balaban J connectivity index is 2.45. The zero-order valence-corrected chi connectivity index (χ0v) is 11.2. The molecule has 0 aliphatic heterocycles. The first kappa shape index (κ1) is 15.7. The summed E-state index contributed by atoms with van der Waals surface area (Å²) in [5, 5.41) is 28.8. The molecule has 2 rings (SSSR count). The molecule has 8 heteroatoms. The molecule has 0 fully saturated rings. The standard InChI is InChI=1S/C14H13NO7/c15-11(17)5-9(16)12(18)6-1-2-10-7(3-6)4-8(13(19)20)14(21)22-10/h1-4,9,12,16,18H,5H2,(H2,15,17)(H,19,20). The molecular formula is C14H13NO7. The summed E-state index contributed by atoms with van der Waals surface area (Å²) >= 11 is 0. The summed E-state index contributed by atoms with van der Waals surface area (Å²) in [5.74, 6) is -2.21. The first-order chi connectivity index (χ1) is 10.3. The predicted octanol–water partition coefficient (Wildman–Crippen LogP) is -0.239. The van der Waals surface area contributed by atoms with E-state index in [2.05, 4.69) is 0 Å². The van der Waals surface area contributed by atoms with Crippen molar-refractivity contribution in [2.75, 3.05) is 0 Å². The van der Waals surface area contributed by atoms with Crippen LogP contribution in [0.25, 0.3) is 11.0 Å². The molecule has 1 amide bonds. The van der Waals surface area contributed by atoms with Crippen LogP contribution in [0.15, 0.2) is 33.5 Å². The lowest BCUT2D eigenvalue weighted by Crippen LogP contribution is -2.25. The van der Waals surface area contributed by atoms with Gasteiger partial charge in [0.1, 0.15) is 17.3 Å². The normalized spacial score (nSPS) is 13.7. The van der Waals surface area contributed by atoms with Gasteiger partial charge in [-0.2, -0.15) is 0 Å². The van der Waals surface area contributed by atoms with Crippen molar-refractivity contribution in [3.63, 3.8) is 0 Å². The maximum Gasteiger partial charge on any atom is 0.351 e. The van der Waals surface area contributed by atoms with Crippen molar-refractivity contribution in [3.05, 3.63) is 45.8 Å². The molecule has 2 unspecified atom stereocenters. The molecule has 0 saturated carbocycles. The maximum absolute atomic E-state index is 11.4. The van der Waals surface area contributed by atoms with Crippen LogP contribution >= 0.6 is 0 Å². The number of aliphatic hydroxyl groups excluding tert-OH is 2. The van der Waals surface area contributed by atoms with Gasteiger partial charge in [0.25, 0.3) is 0 Å². The van der Waals surface area contributed by atoms with Gasteiger partial charge in [-0.3, -0.25) is 4.79 Å². The van der Waals surface area contributed by atoms with E-state index >= 15 is 0 Å². The molecule has 0 spiro atoms. The first-order valence-electron chi connectivity index (χ1n) is 6.25. The van der Waals surface area contributed by atoms with Gasteiger partial charge in [0.15, 0.2) is 0 Å². The molecule has 0 radical (unpaired) electrons. The number of rotatable bonds is 5. The average Bonchev–Trinajstić information content (AvgIpc) is 2.44. The van der Waals surface area contributed by atoms with Gasteiger partial charge in [-0.05, 0) is 23.8 Å². The molecule has 0 saturated heterocycles. The first-order valence-corrected chi connectivity index (χ1v) is 6.25. The second-order valence-electron chi connectivity index (χ2n) is 4.73. The molecule has 22 heavy (non-hydrogen) atoms. The molecule has 1 aromatic heterocycles. The van der Waals surface area contributed by atoms with E-state index in [0.29, 0.717) is 0 Å². The zero-order chi connectivity index (χ0) is 16.4. The van der Waals surface area contributed by atoms with Crippen molar-refractivity contribution in [1.82, 2.24) is 0 Å². The molecule has 1 aromatic carbocycles. The van der Waals surface area contributed by atoms with Gasteiger partial charge in [-0.25, -0.2) is 9.59 Å². The number of aliphatic hydroxyl groups is 2. The highest BCUT2D eigenvalue weighted by atomic mass is 16.4. The smallest absolute Gasteiger partial charge is 0.351 e. The maximum atomic E-state index is 11.4. The van der Waals surface area contributed by atoms with Crippen molar-refractivity contribution >= 4 is 22.8 Å². The number of benzene rings is 1. The third-order valence-electron chi connectivity index (χ3n) is 3.10. The minimum absolute atomic E-state index is 0.135. The van der Waals surface area contributed by atoms with Crippen LogP contribution in [0.4, 0.5) is 0 Å². The van der Waals surface area contributed by atoms with Gasteiger partial charge in [0, 0.05) is 5.39 Å². The summed E-state index contributed by atoms with van der Waals surface area (Å²) in [7, 11) is 0. The predicted molar refractivity (Wildman–Crippen MR) is 74.2 cm³/mol. The number of carboxylic acid groups (broad SMARTS) is 1. The molecule has 0 aliphatic carbocycles. The van der Waals surface area contributed by atoms with Crippen molar-refractivity contribution in [3.8, 4) is 0 Å². The van der Waals surface area contributed by atoms with Crippen molar-refractivity contribution in [2.24, 2.45) is 5.73 Å². The Kier molecular flexibility index (Phi) is 4.25. The molecule has 116 valence electrons. The molecule has 0 bridgehead atoms. The van der Waals surface area contributed by atoms with E-state index in [4.69, 9.17) is 15.3 Å². The Labute approximate surface area is 123 Å². The fourth-order valence-electron chi connectivity index (χ4n) is 2.01. The van der Waals surface area contributed by atoms with Crippen molar-refractivity contribution in [1.29, 1.82) is 0 Å². The molecule has 0 aliphatic rings. The number of primary amides is 1. The zero-order valence-electron chi connectivity index (χ0n) is 11.2. The van der Waals surface area contributed by atoms with Crippen molar-refractivity contribution in [2.45, 2.75) is 18.6 Å². The van der Waals surface area contributed by atoms with E-state index in [0.717, 1.165) is 6.07 Å². The van der Waals surface area contributed by atoms with Crippen LogP contribution in [0.1, 0.15) is 28.4 Å². The summed E-state index contributed by atoms with van der Waals surface area (Å²) in [6.07, 6.45) is -3.22. The number of amides is 1. The highest BCUT2D eigenvalue weighted by Gasteiger charge is 2.21. The Morgan fingerprint density at radius 1 is 1.23 bits per heavy atom. The van der Waals surface area contributed by atoms with Crippen LogP contribution < -0.4 is 11.4 Å². The van der Waals surface area contributed by atoms with E-state index in [1.807, 2.05) is 0 Å². The average molecular weight is 307 g/mol. The third-order valence-corrected chi connectivity index (χ3v) is 3.10. The molecule has 8 nitrogen and oxygen atoms in total. The summed E-state index contributed by atoms with van der Waals surface area (Å²) in [6, 6.07) is 5.22. The van der Waals surface area contributed by atoms with Gasteiger partial charge < -0.3 is 25.5 Å². The van der Waals surface area contributed by atoms with Crippen LogP contribution in [0, 0.1) is 0 Å². The number of fused-ring (bicyclic) bond motifs is 1. The highest BCUT2D eigenvalue weighted by molar-refractivity contribution is 5.91. The number of hydrogen-bond donors (Lipinski definition) is 4. The lowest BCUT2D eigenvalue weighted by atomic mass is 10.00. The lowest BCUT2D eigenvalue weighted by Gasteiger charge is -2.17. The van der Waals surface area contributed by atoms with Gasteiger partial charge in [0.2, 0.25) is 5.91 Å². The second kappa shape index (κ2) is 5.96. The Morgan fingerprint density at radius 3 is 2.50 bits per heavy atom. The monoisotopic (exact) mass is 307 g/mol. The van der Waals surface area contributed by atoms with Gasteiger partial charge >= 0.3 is 11.6 Å². The van der Waals surface area contributed by atoms with E-state index in [1.54, 1.807) is 0 Å². The van der Waals surface area contributed by atoms with Gasteiger partial charge in [-0.1, -0.05) is 6.07 Å². The van der Waals surface area contributed by atoms with Gasteiger partial charge in [-0.15, -0.1) is 0 Å². The minimum Gasteiger partial charge on any atom is -0.477 e. The number of carbonyl (C=O) groups is 2. The Hall–Kier alpha value is -2.71.